The zero-order valence-corrected chi connectivity index (χ0v) is 14.2. The van der Waals surface area contributed by atoms with Crippen molar-refractivity contribution in [3.05, 3.63) is 79.0 Å². The SMILES string of the molecule is C=C/C=C(\C=C(/C)OC)c1cccn2nc(Nc3ccncc3)nc12. The lowest BCUT2D eigenvalue weighted by Crippen LogP contribution is -1.93. The van der Waals surface area contributed by atoms with E-state index in [-0.39, 0.29) is 0 Å². The van der Waals surface area contributed by atoms with Crippen LogP contribution in [0.3, 0.4) is 0 Å². The largest absolute Gasteiger partial charge is 0.501 e. The monoisotopic (exact) mass is 333 g/mol. The molecule has 0 saturated carbocycles. The predicted octanol–water partition coefficient (Wildman–Crippen LogP) is 3.99. The molecule has 0 unspecified atom stereocenters. The van der Waals surface area contributed by atoms with Crippen LogP contribution in [0.4, 0.5) is 11.6 Å². The molecule has 3 aromatic heterocycles. The van der Waals surface area contributed by atoms with Crippen LogP contribution in [-0.4, -0.2) is 26.7 Å². The minimum Gasteiger partial charge on any atom is -0.501 e. The van der Waals surface area contributed by atoms with E-state index in [9.17, 15) is 0 Å². The van der Waals surface area contributed by atoms with Crippen LogP contribution in [0, 0.1) is 0 Å². The van der Waals surface area contributed by atoms with Crippen molar-refractivity contribution >= 4 is 22.9 Å². The molecule has 3 heterocycles. The molecule has 0 aromatic carbocycles. The second kappa shape index (κ2) is 7.44. The minimum absolute atomic E-state index is 0.518. The molecule has 0 radical (unpaired) electrons. The molecule has 6 nitrogen and oxygen atoms in total. The van der Waals surface area contributed by atoms with Crippen molar-refractivity contribution in [1.29, 1.82) is 0 Å². The fourth-order valence-corrected chi connectivity index (χ4v) is 2.37. The van der Waals surface area contributed by atoms with Crippen LogP contribution in [0.25, 0.3) is 11.2 Å². The van der Waals surface area contributed by atoms with E-state index < -0.39 is 0 Å². The molecule has 0 fully saturated rings. The van der Waals surface area contributed by atoms with Crippen LogP contribution in [0.5, 0.6) is 0 Å². The van der Waals surface area contributed by atoms with Crippen molar-refractivity contribution in [3.63, 3.8) is 0 Å². The number of rotatable bonds is 6. The van der Waals surface area contributed by atoms with Crippen LogP contribution in [0.2, 0.25) is 0 Å². The Bertz CT molecular complexity index is 941. The summed E-state index contributed by atoms with van der Waals surface area (Å²) < 4.78 is 7.01. The molecule has 0 aliphatic carbocycles. The van der Waals surface area contributed by atoms with E-state index in [1.165, 1.54) is 0 Å². The average molecular weight is 333 g/mol. The highest BCUT2D eigenvalue weighted by molar-refractivity contribution is 5.83. The summed E-state index contributed by atoms with van der Waals surface area (Å²) >= 11 is 0. The maximum atomic E-state index is 5.27. The van der Waals surface area contributed by atoms with E-state index >= 15 is 0 Å². The topological polar surface area (TPSA) is 64.3 Å². The van der Waals surface area contributed by atoms with Gasteiger partial charge in [-0.1, -0.05) is 18.7 Å². The van der Waals surface area contributed by atoms with Gasteiger partial charge in [0.05, 0.1) is 12.9 Å². The van der Waals surface area contributed by atoms with E-state index in [1.54, 1.807) is 30.1 Å². The zero-order valence-electron chi connectivity index (χ0n) is 14.2. The fourth-order valence-electron chi connectivity index (χ4n) is 2.37. The highest BCUT2D eigenvalue weighted by Gasteiger charge is 2.11. The van der Waals surface area contributed by atoms with Crippen molar-refractivity contribution in [2.24, 2.45) is 0 Å². The molecule has 3 aromatic rings. The molecule has 0 bridgehead atoms. The Morgan fingerprint density at radius 1 is 1.28 bits per heavy atom. The molecule has 0 aliphatic rings. The first kappa shape index (κ1) is 16.4. The Kier molecular flexibility index (Phi) is 4.89. The number of aromatic nitrogens is 4. The molecule has 0 amide bonds. The van der Waals surface area contributed by atoms with Gasteiger partial charge in [-0.25, -0.2) is 4.52 Å². The molecule has 0 saturated heterocycles. The Morgan fingerprint density at radius 2 is 2.08 bits per heavy atom. The molecule has 0 aliphatic heterocycles. The smallest absolute Gasteiger partial charge is 0.247 e. The molecule has 6 heteroatoms. The highest BCUT2D eigenvalue weighted by atomic mass is 16.5. The molecular weight excluding hydrogens is 314 g/mol. The first-order chi connectivity index (χ1) is 12.2. The van der Waals surface area contributed by atoms with Crippen molar-refractivity contribution < 1.29 is 4.74 Å². The zero-order chi connectivity index (χ0) is 17.6. The van der Waals surface area contributed by atoms with Crippen molar-refractivity contribution in [1.82, 2.24) is 19.6 Å². The summed E-state index contributed by atoms with van der Waals surface area (Å²) in [5, 5.41) is 7.66. The van der Waals surface area contributed by atoms with Crippen LogP contribution in [0.1, 0.15) is 12.5 Å². The molecule has 126 valence electrons. The van der Waals surface area contributed by atoms with E-state index in [0.29, 0.717) is 5.95 Å². The lowest BCUT2D eigenvalue weighted by Gasteiger charge is -2.05. The van der Waals surface area contributed by atoms with Gasteiger partial charge in [-0.2, -0.15) is 4.98 Å². The first-order valence-corrected chi connectivity index (χ1v) is 7.79. The van der Waals surface area contributed by atoms with Gasteiger partial charge in [-0.3, -0.25) is 4.98 Å². The number of fused-ring (bicyclic) bond motifs is 1. The molecule has 1 N–H and O–H groups in total. The summed E-state index contributed by atoms with van der Waals surface area (Å²) in [6.07, 6.45) is 10.9. The Hall–Kier alpha value is -3.41. The number of hydrogen-bond donors (Lipinski definition) is 1. The van der Waals surface area contributed by atoms with Gasteiger partial charge in [-0.05, 0) is 42.8 Å². The number of anilines is 2. The van der Waals surface area contributed by atoms with Gasteiger partial charge in [0.15, 0.2) is 5.65 Å². The maximum absolute atomic E-state index is 5.27. The number of nitrogens with zero attached hydrogens (tertiary/aromatic N) is 4. The minimum atomic E-state index is 0.518. The number of hydrogen-bond acceptors (Lipinski definition) is 5. The number of allylic oxidation sites excluding steroid dienone is 5. The Balaban J connectivity index is 2.04. The van der Waals surface area contributed by atoms with Gasteiger partial charge in [0.2, 0.25) is 5.95 Å². The molecular formula is C19H19N5O. The van der Waals surface area contributed by atoms with Crippen molar-refractivity contribution in [2.75, 3.05) is 12.4 Å². The number of nitrogens with one attached hydrogen (secondary N) is 1. The molecule has 0 atom stereocenters. The third-order valence-electron chi connectivity index (χ3n) is 3.59. The van der Waals surface area contributed by atoms with Gasteiger partial charge in [0.25, 0.3) is 0 Å². The second-order valence-corrected chi connectivity index (χ2v) is 5.30. The average Bonchev–Trinajstić information content (AvgIpc) is 3.04. The molecule has 25 heavy (non-hydrogen) atoms. The molecule has 0 spiro atoms. The Labute approximate surface area is 146 Å². The summed E-state index contributed by atoms with van der Waals surface area (Å²) in [4.78, 5) is 8.62. The van der Waals surface area contributed by atoms with Gasteiger partial charge in [0.1, 0.15) is 0 Å². The van der Waals surface area contributed by atoms with Gasteiger partial charge in [0, 0.05) is 29.8 Å². The summed E-state index contributed by atoms with van der Waals surface area (Å²) in [7, 11) is 1.64. The number of pyridine rings is 2. The van der Waals surface area contributed by atoms with Crippen molar-refractivity contribution in [3.8, 4) is 0 Å². The lowest BCUT2D eigenvalue weighted by molar-refractivity contribution is 0.294. The number of ether oxygens (including phenoxy) is 1. The lowest BCUT2D eigenvalue weighted by atomic mass is 10.1. The van der Waals surface area contributed by atoms with E-state index in [4.69, 9.17) is 4.74 Å². The Morgan fingerprint density at radius 3 is 2.80 bits per heavy atom. The standard InChI is InChI=1S/C19H19N5O/c1-4-6-15(13-14(2)25-3)17-7-5-12-24-18(17)22-19(23-24)21-16-8-10-20-11-9-16/h4-13H,1H2,2-3H3,(H,20,21,23)/b14-13+,15-6+. The third-order valence-corrected chi connectivity index (χ3v) is 3.59. The summed E-state index contributed by atoms with van der Waals surface area (Å²) in [6.45, 7) is 5.69. The maximum Gasteiger partial charge on any atom is 0.247 e. The quantitative estimate of drug-likeness (QED) is 0.546. The van der Waals surface area contributed by atoms with E-state index in [1.807, 2.05) is 49.5 Å². The molecule has 3 rings (SSSR count). The third kappa shape index (κ3) is 3.74. The van der Waals surface area contributed by atoms with Gasteiger partial charge in [-0.15, -0.1) is 5.10 Å². The van der Waals surface area contributed by atoms with Crippen LogP contribution >= 0.6 is 0 Å². The predicted molar refractivity (Wildman–Crippen MR) is 99.4 cm³/mol. The van der Waals surface area contributed by atoms with Crippen molar-refractivity contribution in [2.45, 2.75) is 6.92 Å². The summed E-state index contributed by atoms with van der Waals surface area (Å²) in [5.74, 6) is 1.31. The van der Waals surface area contributed by atoms with Crippen LogP contribution in [0.15, 0.2) is 73.4 Å². The normalized spacial score (nSPS) is 12.2. The second-order valence-electron chi connectivity index (χ2n) is 5.30. The van der Waals surface area contributed by atoms with Crippen LogP contribution < -0.4 is 5.32 Å². The fraction of sp³-hybridized carbons (Fsp3) is 0.105. The summed E-state index contributed by atoms with van der Waals surface area (Å²) in [6, 6.07) is 7.65. The van der Waals surface area contributed by atoms with Gasteiger partial charge < -0.3 is 10.1 Å². The summed E-state index contributed by atoms with van der Waals surface area (Å²) in [5.41, 5.74) is 3.51. The number of methoxy groups -OCH3 is 1. The van der Waals surface area contributed by atoms with E-state index in [0.717, 1.165) is 28.2 Å². The first-order valence-electron chi connectivity index (χ1n) is 7.79. The highest BCUT2D eigenvalue weighted by Crippen LogP contribution is 2.23. The van der Waals surface area contributed by atoms with Crippen LogP contribution in [-0.2, 0) is 4.74 Å². The van der Waals surface area contributed by atoms with E-state index in [2.05, 4.69) is 27.0 Å². The van der Waals surface area contributed by atoms with Gasteiger partial charge >= 0.3 is 0 Å².